The maximum Gasteiger partial charge on any atom is 0.247 e. The Balaban J connectivity index is 2.14. The Morgan fingerprint density at radius 2 is 0.821 bits per heavy atom. The van der Waals surface area contributed by atoms with Crippen LogP contribution in [0.1, 0.15) is 52.7 Å². The molecule has 0 radical (unpaired) electrons. The minimum absolute atomic E-state index is 0.135. The molecule has 0 atom stereocenters. The summed E-state index contributed by atoms with van der Waals surface area (Å²) in [7, 11) is -2.57. The summed E-state index contributed by atoms with van der Waals surface area (Å²) in [5, 5.41) is 3.69. The minimum Gasteiger partial charge on any atom is -0.149 e. The Labute approximate surface area is 176 Å². The van der Waals surface area contributed by atoms with Crippen LogP contribution in [0.25, 0.3) is 0 Å². The summed E-state index contributed by atoms with van der Waals surface area (Å²) in [6, 6.07) is 28.5. The monoisotopic (exact) mass is 406 g/mol. The number of hydrogen-bond acceptors (Lipinski definition) is 0. The summed E-state index contributed by atoms with van der Waals surface area (Å²) >= 11 is 7.59. The van der Waals surface area contributed by atoms with Gasteiger partial charge in [0, 0.05) is 0 Å². The molecule has 0 saturated heterocycles. The van der Waals surface area contributed by atoms with Crippen LogP contribution in [0, 0.1) is 0 Å². The fourth-order valence-electron chi connectivity index (χ4n) is 3.57. The molecule has 0 aromatic heterocycles. The third-order valence-electron chi connectivity index (χ3n) is 5.47. The molecule has 0 spiro atoms. The Hall–Kier alpha value is -1.83. The van der Waals surface area contributed by atoms with Crippen LogP contribution in [0.5, 0.6) is 0 Å². The van der Waals surface area contributed by atoms with E-state index in [9.17, 15) is 0 Å². The van der Waals surface area contributed by atoms with Crippen molar-refractivity contribution in [2.75, 3.05) is 0 Å². The maximum atomic E-state index is 7.59. The second-order valence-corrected chi connectivity index (χ2v) is 14.4. The van der Waals surface area contributed by atoms with Crippen molar-refractivity contribution in [1.29, 1.82) is 0 Å². The van der Waals surface area contributed by atoms with E-state index in [1.165, 1.54) is 26.7 Å². The molecule has 0 nitrogen and oxygen atoms in total. The van der Waals surface area contributed by atoms with Crippen molar-refractivity contribution < 1.29 is 0 Å². The van der Waals surface area contributed by atoms with Crippen molar-refractivity contribution in [2.45, 2.75) is 52.4 Å². The highest BCUT2D eigenvalue weighted by Crippen LogP contribution is 2.24. The van der Waals surface area contributed by atoms with E-state index in [-0.39, 0.29) is 10.8 Å². The van der Waals surface area contributed by atoms with E-state index >= 15 is 0 Å². The van der Waals surface area contributed by atoms with Crippen molar-refractivity contribution in [3.63, 3.8) is 0 Å². The van der Waals surface area contributed by atoms with Crippen LogP contribution in [-0.2, 0) is 10.8 Å². The van der Waals surface area contributed by atoms with E-state index in [2.05, 4.69) is 120 Å². The Morgan fingerprint density at radius 3 is 1.14 bits per heavy atom. The van der Waals surface area contributed by atoms with Gasteiger partial charge in [-0.1, -0.05) is 120 Å². The lowest BCUT2D eigenvalue weighted by Gasteiger charge is -2.28. The van der Waals surface area contributed by atoms with E-state index < -0.39 is 7.38 Å². The number of hydrogen-bond donors (Lipinski definition) is 0. The first kappa shape index (κ1) is 20.9. The molecule has 3 rings (SSSR count). The van der Waals surface area contributed by atoms with Gasteiger partial charge in [-0.2, -0.15) is 0 Å². The molecule has 28 heavy (non-hydrogen) atoms. The predicted molar refractivity (Wildman–Crippen MR) is 127 cm³/mol. The predicted octanol–water partition coefficient (Wildman–Crippen LogP) is 5.49. The molecule has 0 unspecified atom stereocenters. The summed E-state index contributed by atoms with van der Waals surface area (Å²) in [4.78, 5) is 0. The van der Waals surface area contributed by atoms with Gasteiger partial charge >= 0.3 is 0 Å². The average molecular weight is 407 g/mol. The molecule has 0 heterocycles. The van der Waals surface area contributed by atoms with Crippen LogP contribution >= 0.6 is 11.1 Å². The zero-order valence-electron chi connectivity index (χ0n) is 17.9. The molecular weight excluding hydrogens is 376 g/mol. The number of halogens is 1. The van der Waals surface area contributed by atoms with E-state index in [0.29, 0.717) is 0 Å². The molecule has 2 heteroatoms. The Bertz CT molecular complexity index is 854. The highest BCUT2D eigenvalue weighted by molar-refractivity contribution is 7.40. The molecule has 3 aromatic carbocycles. The summed E-state index contributed by atoms with van der Waals surface area (Å²) in [6.07, 6.45) is 0. The highest BCUT2D eigenvalue weighted by Gasteiger charge is 2.38. The van der Waals surface area contributed by atoms with Crippen molar-refractivity contribution in [3.8, 4) is 0 Å². The molecule has 0 aliphatic heterocycles. The van der Waals surface area contributed by atoms with Crippen LogP contribution in [0.3, 0.4) is 0 Å². The van der Waals surface area contributed by atoms with Gasteiger partial charge in [0.25, 0.3) is 0 Å². The van der Waals surface area contributed by atoms with Gasteiger partial charge in [0.15, 0.2) is 0 Å². The molecular formula is C26H31ClSi. The van der Waals surface area contributed by atoms with Gasteiger partial charge in [0.1, 0.15) is 0 Å². The number of rotatable bonds is 3. The first-order chi connectivity index (χ1) is 13.0. The largest absolute Gasteiger partial charge is 0.247 e. The second-order valence-electron chi connectivity index (χ2n) is 9.68. The normalized spacial score (nSPS) is 12.8. The van der Waals surface area contributed by atoms with Crippen LogP contribution in [0.2, 0.25) is 0 Å². The highest BCUT2D eigenvalue weighted by atomic mass is 35.6. The molecule has 0 bridgehead atoms. The quantitative estimate of drug-likeness (QED) is 0.306. The third-order valence-corrected chi connectivity index (χ3v) is 10.8. The second kappa shape index (κ2) is 7.53. The Kier molecular flexibility index (Phi) is 5.62. The fraction of sp³-hybridized carbons (Fsp3) is 0.308. The maximum absolute atomic E-state index is 7.59. The summed E-state index contributed by atoms with van der Waals surface area (Å²) in [6.45, 7) is 13.5. The van der Waals surface area contributed by atoms with E-state index in [1.54, 1.807) is 0 Å². The minimum atomic E-state index is -2.57. The molecule has 0 N–H and O–H groups in total. The van der Waals surface area contributed by atoms with Crippen LogP contribution < -0.4 is 15.6 Å². The molecule has 146 valence electrons. The molecule has 0 amide bonds. The molecule has 0 aliphatic carbocycles. The molecule has 0 fully saturated rings. The molecule has 3 aromatic rings. The lowest BCUT2D eigenvalue weighted by Crippen LogP contribution is -2.62. The summed E-state index contributed by atoms with van der Waals surface area (Å²) in [5.41, 5.74) is 2.94. The van der Waals surface area contributed by atoms with Gasteiger partial charge in [0.05, 0.1) is 0 Å². The van der Waals surface area contributed by atoms with Crippen molar-refractivity contribution in [1.82, 2.24) is 0 Å². The summed E-state index contributed by atoms with van der Waals surface area (Å²) in [5.74, 6) is 0. The van der Waals surface area contributed by atoms with Crippen LogP contribution in [-0.4, -0.2) is 7.38 Å². The summed E-state index contributed by atoms with van der Waals surface area (Å²) < 4.78 is 0. The topological polar surface area (TPSA) is 0 Å². The van der Waals surface area contributed by atoms with Gasteiger partial charge < -0.3 is 0 Å². The lowest BCUT2D eigenvalue weighted by atomic mass is 9.87. The van der Waals surface area contributed by atoms with Gasteiger partial charge in [-0.3, -0.25) is 0 Å². The Morgan fingerprint density at radius 1 is 0.500 bits per heavy atom. The van der Waals surface area contributed by atoms with E-state index in [4.69, 9.17) is 11.1 Å². The van der Waals surface area contributed by atoms with Crippen molar-refractivity contribution in [2.24, 2.45) is 0 Å². The van der Waals surface area contributed by atoms with E-state index in [1.807, 2.05) is 0 Å². The van der Waals surface area contributed by atoms with Crippen molar-refractivity contribution in [3.05, 3.63) is 90.0 Å². The van der Waals surface area contributed by atoms with Gasteiger partial charge in [-0.15, -0.1) is 11.1 Å². The fourth-order valence-corrected chi connectivity index (χ4v) is 7.61. The molecule has 0 saturated carbocycles. The SMILES string of the molecule is CC(C)(C)c1ccc([Si](Cl)(c2ccccc2)c2ccc(C(C)(C)C)cc2)cc1. The first-order valence-electron chi connectivity index (χ1n) is 9.99. The van der Waals surface area contributed by atoms with Crippen LogP contribution in [0.4, 0.5) is 0 Å². The smallest absolute Gasteiger partial charge is 0.149 e. The first-order valence-corrected chi connectivity index (χ1v) is 13.0. The van der Waals surface area contributed by atoms with Crippen molar-refractivity contribution >= 4 is 34.0 Å². The van der Waals surface area contributed by atoms with Crippen LogP contribution in [0.15, 0.2) is 78.9 Å². The third kappa shape index (κ3) is 4.11. The van der Waals surface area contributed by atoms with Gasteiger partial charge in [0.2, 0.25) is 7.38 Å². The lowest BCUT2D eigenvalue weighted by molar-refractivity contribution is 0.590. The van der Waals surface area contributed by atoms with E-state index in [0.717, 1.165) is 0 Å². The van der Waals surface area contributed by atoms with Gasteiger partial charge in [-0.05, 0) is 37.5 Å². The zero-order chi connectivity index (χ0) is 20.6. The molecule has 0 aliphatic rings. The number of benzene rings is 3. The standard InChI is InChI=1S/C26H31ClSi/c1-25(2,3)20-12-16-23(17-13-20)28(27,22-10-8-7-9-11-22)24-18-14-21(15-19-24)26(4,5)6/h7-19H,1-6H3. The average Bonchev–Trinajstić information content (AvgIpc) is 2.67. The van der Waals surface area contributed by atoms with Gasteiger partial charge in [-0.25, -0.2) is 0 Å². The zero-order valence-corrected chi connectivity index (χ0v) is 19.6.